The molecule has 1 amide bonds. The van der Waals surface area contributed by atoms with Crippen molar-refractivity contribution >= 4 is 17.7 Å². The first-order chi connectivity index (χ1) is 16.4. The van der Waals surface area contributed by atoms with Crippen LogP contribution in [0.2, 0.25) is 0 Å². The Morgan fingerprint density at radius 3 is 2.21 bits per heavy atom. The highest BCUT2D eigenvalue weighted by atomic mass is 19.1. The van der Waals surface area contributed by atoms with E-state index in [0.717, 1.165) is 11.1 Å². The van der Waals surface area contributed by atoms with Gasteiger partial charge in [0.2, 0.25) is 0 Å². The molecule has 0 aliphatic carbocycles. The highest BCUT2D eigenvalue weighted by Gasteiger charge is 2.15. The molecule has 6 nitrogen and oxygen atoms in total. The van der Waals surface area contributed by atoms with Crippen LogP contribution in [-0.4, -0.2) is 43.3 Å². The van der Waals surface area contributed by atoms with Gasteiger partial charge in [-0.1, -0.05) is 60.7 Å². The van der Waals surface area contributed by atoms with E-state index < -0.39 is 24.3 Å². The van der Waals surface area contributed by atoms with Gasteiger partial charge in [-0.3, -0.25) is 14.4 Å². The number of rotatable bonds is 10. The minimum absolute atomic E-state index is 0.0152. The summed E-state index contributed by atoms with van der Waals surface area (Å²) in [5, 5.41) is 0. The molecular formula is C27H26FNO5. The normalized spacial score (nSPS) is 10.4. The lowest BCUT2D eigenvalue weighted by Crippen LogP contribution is -2.30. The van der Waals surface area contributed by atoms with Gasteiger partial charge in [-0.2, -0.15) is 0 Å². The Labute approximate surface area is 197 Å². The molecule has 0 radical (unpaired) electrons. The number of amides is 1. The molecule has 3 aromatic rings. The van der Waals surface area contributed by atoms with E-state index in [1.807, 2.05) is 42.5 Å². The average molecular weight is 464 g/mol. The quantitative estimate of drug-likeness (QED) is 0.323. The average Bonchev–Trinajstić information content (AvgIpc) is 2.86. The molecule has 0 saturated heterocycles. The number of carbonyl (C=O) groups is 3. The number of hydrogen-bond donors (Lipinski definition) is 0. The van der Waals surface area contributed by atoms with E-state index in [0.29, 0.717) is 11.1 Å². The molecule has 0 aliphatic rings. The minimum Gasteiger partial charge on any atom is -0.494 e. The summed E-state index contributed by atoms with van der Waals surface area (Å²) in [5.41, 5.74) is 3.13. The molecule has 0 heterocycles. The van der Waals surface area contributed by atoms with Crippen LogP contribution >= 0.6 is 0 Å². The molecule has 0 bridgehead atoms. The second-order valence-corrected chi connectivity index (χ2v) is 7.75. The van der Waals surface area contributed by atoms with Crippen molar-refractivity contribution in [3.8, 4) is 16.9 Å². The van der Waals surface area contributed by atoms with Crippen LogP contribution in [0, 0.1) is 5.82 Å². The minimum atomic E-state index is -0.633. The lowest BCUT2D eigenvalue weighted by atomic mass is 10.0. The van der Waals surface area contributed by atoms with Crippen molar-refractivity contribution in [2.45, 2.75) is 19.4 Å². The number of nitrogens with zero attached hydrogens (tertiary/aromatic N) is 1. The second kappa shape index (κ2) is 11.7. The Kier molecular flexibility index (Phi) is 8.51. The maximum atomic E-state index is 13.8. The van der Waals surface area contributed by atoms with Crippen LogP contribution in [0.3, 0.4) is 0 Å². The molecule has 0 saturated carbocycles. The molecule has 0 N–H and O–H groups in total. The third kappa shape index (κ3) is 6.75. The van der Waals surface area contributed by atoms with E-state index in [-0.39, 0.29) is 30.9 Å². The third-order valence-electron chi connectivity index (χ3n) is 5.29. The summed E-state index contributed by atoms with van der Waals surface area (Å²) >= 11 is 0. The number of carbonyl (C=O) groups excluding carboxylic acids is 3. The van der Waals surface area contributed by atoms with Crippen molar-refractivity contribution in [1.29, 1.82) is 0 Å². The van der Waals surface area contributed by atoms with Gasteiger partial charge in [0.1, 0.15) is 0 Å². The fraction of sp³-hybridized carbons (Fsp3) is 0.222. The maximum Gasteiger partial charge on any atom is 0.306 e. The van der Waals surface area contributed by atoms with Crippen LogP contribution < -0.4 is 4.74 Å². The lowest BCUT2D eigenvalue weighted by molar-refractivity contribution is -0.151. The van der Waals surface area contributed by atoms with E-state index in [1.165, 1.54) is 31.2 Å². The standard InChI is InChI=1S/C27H26FNO5/c1-29(17-19-8-14-25(33-2)23(28)16-19)26(31)18-34-27(32)15-13-24(30)22-11-9-21(10-12-22)20-6-4-3-5-7-20/h3-12,14,16H,13,15,17-18H2,1-2H3. The summed E-state index contributed by atoms with van der Waals surface area (Å²) in [7, 11) is 2.90. The Balaban J connectivity index is 1.42. The van der Waals surface area contributed by atoms with Gasteiger partial charge < -0.3 is 14.4 Å². The molecule has 3 rings (SSSR count). The van der Waals surface area contributed by atoms with Crippen LogP contribution in [0.15, 0.2) is 72.8 Å². The van der Waals surface area contributed by atoms with E-state index in [1.54, 1.807) is 18.2 Å². The van der Waals surface area contributed by atoms with E-state index in [4.69, 9.17) is 9.47 Å². The molecule has 7 heteroatoms. The Morgan fingerprint density at radius 2 is 1.56 bits per heavy atom. The first-order valence-electron chi connectivity index (χ1n) is 10.8. The van der Waals surface area contributed by atoms with Gasteiger partial charge in [-0.05, 0) is 28.8 Å². The lowest BCUT2D eigenvalue weighted by Gasteiger charge is -2.17. The molecule has 0 fully saturated rings. The van der Waals surface area contributed by atoms with Crippen molar-refractivity contribution in [2.75, 3.05) is 20.8 Å². The topological polar surface area (TPSA) is 72.9 Å². The summed E-state index contributed by atoms with van der Waals surface area (Å²) in [4.78, 5) is 38.0. The van der Waals surface area contributed by atoms with E-state index >= 15 is 0 Å². The maximum absolute atomic E-state index is 13.8. The van der Waals surface area contributed by atoms with Gasteiger partial charge in [0.15, 0.2) is 24.0 Å². The molecule has 3 aromatic carbocycles. The highest BCUT2D eigenvalue weighted by Crippen LogP contribution is 2.20. The predicted octanol–water partition coefficient (Wildman–Crippen LogP) is 4.67. The zero-order valence-corrected chi connectivity index (χ0v) is 19.1. The Hall–Kier alpha value is -4.00. The molecule has 0 aliphatic heterocycles. The summed E-state index contributed by atoms with van der Waals surface area (Å²) in [5.74, 6) is -1.65. The second-order valence-electron chi connectivity index (χ2n) is 7.75. The summed E-state index contributed by atoms with van der Waals surface area (Å²) in [6.45, 7) is -0.303. The van der Waals surface area contributed by atoms with Crippen molar-refractivity contribution in [2.24, 2.45) is 0 Å². The van der Waals surface area contributed by atoms with Gasteiger partial charge in [0.05, 0.1) is 13.5 Å². The number of halogens is 1. The van der Waals surface area contributed by atoms with Gasteiger partial charge in [0.25, 0.3) is 5.91 Å². The Morgan fingerprint density at radius 1 is 0.882 bits per heavy atom. The number of benzene rings is 3. The van der Waals surface area contributed by atoms with Gasteiger partial charge >= 0.3 is 5.97 Å². The monoisotopic (exact) mass is 463 g/mol. The first-order valence-corrected chi connectivity index (χ1v) is 10.8. The van der Waals surface area contributed by atoms with Crippen LogP contribution in [-0.2, 0) is 20.9 Å². The van der Waals surface area contributed by atoms with Gasteiger partial charge in [0, 0.05) is 25.6 Å². The summed E-state index contributed by atoms with van der Waals surface area (Å²) in [6, 6.07) is 21.4. The number of esters is 1. The number of Topliss-reactive ketones (excluding diaryl/α,β-unsaturated/α-hetero) is 1. The predicted molar refractivity (Wildman–Crippen MR) is 126 cm³/mol. The summed E-state index contributed by atoms with van der Waals surface area (Å²) in [6.07, 6.45) is -0.140. The SMILES string of the molecule is COc1ccc(CN(C)C(=O)COC(=O)CCC(=O)c2ccc(-c3ccccc3)cc2)cc1F. The molecular weight excluding hydrogens is 437 g/mol. The number of hydrogen-bond acceptors (Lipinski definition) is 5. The van der Waals surface area contributed by atoms with Crippen molar-refractivity contribution < 1.29 is 28.2 Å². The van der Waals surface area contributed by atoms with E-state index in [2.05, 4.69) is 0 Å². The molecule has 176 valence electrons. The van der Waals surface area contributed by atoms with Crippen molar-refractivity contribution in [3.63, 3.8) is 0 Å². The van der Waals surface area contributed by atoms with Gasteiger partial charge in [-0.15, -0.1) is 0 Å². The summed E-state index contributed by atoms with van der Waals surface area (Å²) < 4.78 is 23.7. The highest BCUT2D eigenvalue weighted by molar-refractivity contribution is 5.98. The molecule has 34 heavy (non-hydrogen) atoms. The van der Waals surface area contributed by atoms with Crippen LogP contribution in [0.5, 0.6) is 5.75 Å². The van der Waals surface area contributed by atoms with Crippen LogP contribution in [0.25, 0.3) is 11.1 Å². The van der Waals surface area contributed by atoms with E-state index in [9.17, 15) is 18.8 Å². The molecule has 0 aromatic heterocycles. The fourth-order valence-electron chi connectivity index (χ4n) is 3.33. The first kappa shape index (κ1) is 24.6. The fourth-order valence-corrected chi connectivity index (χ4v) is 3.33. The number of methoxy groups -OCH3 is 1. The number of ether oxygens (including phenoxy) is 2. The van der Waals surface area contributed by atoms with Crippen LogP contribution in [0.1, 0.15) is 28.8 Å². The third-order valence-corrected chi connectivity index (χ3v) is 5.29. The molecule has 0 spiro atoms. The number of ketones is 1. The molecule has 0 unspecified atom stereocenters. The smallest absolute Gasteiger partial charge is 0.306 e. The van der Waals surface area contributed by atoms with Crippen LogP contribution in [0.4, 0.5) is 4.39 Å². The molecule has 0 atom stereocenters. The van der Waals surface area contributed by atoms with Crippen molar-refractivity contribution in [3.05, 3.63) is 89.7 Å². The van der Waals surface area contributed by atoms with Gasteiger partial charge in [-0.25, -0.2) is 4.39 Å². The van der Waals surface area contributed by atoms with Crippen molar-refractivity contribution in [1.82, 2.24) is 4.90 Å². The Bertz CT molecular complexity index is 1150. The largest absolute Gasteiger partial charge is 0.494 e. The number of likely N-dealkylation sites (N-methyl/N-ethyl adjacent to an activating group) is 1. The zero-order chi connectivity index (χ0) is 24.5. The zero-order valence-electron chi connectivity index (χ0n) is 19.1.